The first-order valence-electron chi connectivity index (χ1n) is 10.9. The number of amides is 1. The molecule has 33 heavy (non-hydrogen) atoms. The Labute approximate surface area is 191 Å². The van der Waals surface area contributed by atoms with Gasteiger partial charge >= 0.3 is 5.97 Å². The van der Waals surface area contributed by atoms with Gasteiger partial charge < -0.3 is 24.2 Å². The van der Waals surface area contributed by atoms with E-state index in [1.807, 2.05) is 6.92 Å². The van der Waals surface area contributed by atoms with Gasteiger partial charge in [-0.05, 0) is 42.3 Å². The van der Waals surface area contributed by atoms with Crippen molar-refractivity contribution in [1.82, 2.24) is 4.90 Å². The fraction of sp³-hybridized carbons (Fsp3) is 0.320. The number of nitrogens with zero attached hydrogens (tertiary/aromatic N) is 1. The van der Waals surface area contributed by atoms with Gasteiger partial charge in [-0.2, -0.15) is 0 Å². The molecule has 2 heterocycles. The molecule has 8 heteroatoms. The number of likely N-dealkylation sites (tertiary alicyclic amines) is 1. The monoisotopic (exact) mass is 451 g/mol. The third kappa shape index (κ3) is 4.41. The lowest BCUT2D eigenvalue weighted by Crippen LogP contribution is -2.30. The standard InChI is InChI=1S/C25H25NO7/c1-3-4-11-26-22(16-5-8-18(9-6-16)33-15(2)27)21(24(29)25(26)30)23(28)17-7-10-19-20(14-17)32-13-12-31-19/h5-10,14,22,28H,3-4,11-13H2,1-2H3/b23-21-. The molecule has 0 aliphatic carbocycles. The minimum absolute atomic E-state index is 0.00742. The van der Waals surface area contributed by atoms with Crippen molar-refractivity contribution >= 4 is 23.4 Å². The second kappa shape index (κ2) is 9.36. The summed E-state index contributed by atoms with van der Waals surface area (Å²) in [5, 5.41) is 11.2. The predicted molar refractivity (Wildman–Crippen MR) is 119 cm³/mol. The fourth-order valence-electron chi connectivity index (χ4n) is 4.02. The van der Waals surface area contributed by atoms with Crippen LogP contribution >= 0.6 is 0 Å². The number of hydrogen-bond acceptors (Lipinski definition) is 7. The van der Waals surface area contributed by atoms with Crippen LogP contribution in [0.2, 0.25) is 0 Å². The van der Waals surface area contributed by atoms with Gasteiger partial charge in [0.15, 0.2) is 11.5 Å². The first-order valence-corrected chi connectivity index (χ1v) is 10.9. The van der Waals surface area contributed by atoms with Gasteiger partial charge in [0.1, 0.15) is 24.7 Å². The Hall–Kier alpha value is -3.81. The Kier molecular flexibility index (Phi) is 6.35. The van der Waals surface area contributed by atoms with Crippen LogP contribution in [0.4, 0.5) is 0 Å². The quantitative estimate of drug-likeness (QED) is 0.235. The normalized spacial score (nSPS) is 19.0. The average Bonchev–Trinajstić information content (AvgIpc) is 3.07. The van der Waals surface area contributed by atoms with Crippen LogP contribution in [0.25, 0.3) is 5.76 Å². The number of Topliss-reactive ketones (excluding diaryl/α,β-unsaturated/α-hetero) is 1. The molecule has 0 spiro atoms. The van der Waals surface area contributed by atoms with Crippen molar-refractivity contribution in [3.63, 3.8) is 0 Å². The number of fused-ring (bicyclic) bond motifs is 1. The third-order valence-corrected chi connectivity index (χ3v) is 5.57. The van der Waals surface area contributed by atoms with E-state index in [9.17, 15) is 19.5 Å². The highest BCUT2D eigenvalue weighted by Crippen LogP contribution is 2.41. The number of aliphatic hydroxyl groups is 1. The molecule has 0 aromatic heterocycles. The predicted octanol–water partition coefficient (Wildman–Crippen LogP) is 3.60. The van der Waals surface area contributed by atoms with Crippen LogP contribution in [0.15, 0.2) is 48.0 Å². The Morgan fingerprint density at radius 3 is 2.45 bits per heavy atom. The van der Waals surface area contributed by atoms with Crippen LogP contribution in [0.1, 0.15) is 43.9 Å². The molecular formula is C25H25NO7. The van der Waals surface area contributed by atoms with E-state index in [0.717, 1.165) is 6.42 Å². The van der Waals surface area contributed by atoms with Gasteiger partial charge in [-0.3, -0.25) is 14.4 Å². The van der Waals surface area contributed by atoms with Crippen LogP contribution in [-0.4, -0.2) is 47.4 Å². The topological polar surface area (TPSA) is 102 Å². The highest BCUT2D eigenvalue weighted by molar-refractivity contribution is 6.46. The number of ether oxygens (including phenoxy) is 3. The van der Waals surface area contributed by atoms with E-state index in [0.29, 0.717) is 54.6 Å². The van der Waals surface area contributed by atoms with Crippen LogP contribution < -0.4 is 14.2 Å². The third-order valence-electron chi connectivity index (χ3n) is 5.57. The number of carbonyl (C=O) groups is 3. The molecule has 0 radical (unpaired) electrons. The van der Waals surface area contributed by atoms with Crippen molar-refractivity contribution in [2.24, 2.45) is 0 Å². The SMILES string of the molecule is CCCCN1C(=O)C(=O)/C(=C(\O)c2ccc3c(c2)OCCO3)C1c1ccc(OC(C)=O)cc1. The van der Waals surface area contributed by atoms with Gasteiger partial charge in [0.25, 0.3) is 11.7 Å². The largest absolute Gasteiger partial charge is 0.507 e. The lowest BCUT2D eigenvalue weighted by molar-refractivity contribution is -0.139. The van der Waals surface area contributed by atoms with Crippen molar-refractivity contribution in [1.29, 1.82) is 0 Å². The first kappa shape index (κ1) is 22.4. The maximum atomic E-state index is 13.0. The summed E-state index contributed by atoms with van der Waals surface area (Å²) in [6.45, 7) is 4.49. The van der Waals surface area contributed by atoms with E-state index in [-0.39, 0.29) is 11.3 Å². The molecule has 172 valence electrons. The number of ketones is 1. The minimum atomic E-state index is -0.767. The molecule has 1 amide bonds. The van der Waals surface area contributed by atoms with E-state index in [1.165, 1.54) is 11.8 Å². The molecule has 2 aromatic rings. The zero-order chi connectivity index (χ0) is 23.5. The number of rotatable bonds is 6. The zero-order valence-electron chi connectivity index (χ0n) is 18.5. The van der Waals surface area contributed by atoms with Crippen molar-refractivity contribution in [3.8, 4) is 17.2 Å². The van der Waals surface area contributed by atoms with Crippen LogP contribution in [0.5, 0.6) is 17.2 Å². The Morgan fingerprint density at radius 2 is 1.79 bits per heavy atom. The summed E-state index contributed by atoms with van der Waals surface area (Å²) < 4.78 is 16.2. The van der Waals surface area contributed by atoms with Gasteiger partial charge in [-0.1, -0.05) is 25.5 Å². The summed E-state index contributed by atoms with van der Waals surface area (Å²) in [4.78, 5) is 38.7. The molecule has 1 N–H and O–H groups in total. The van der Waals surface area contributed by atoms with Gasteiger partial charge in [0.05, 0.1) is 11.6 Å². The minimum Gasteiger partial charge on any atom is -0.507 e. The van der Waals surface area contributed by atoms with Crippen molar-refractivity contribution in [2.75, 3.05) is 19.8 Å². The van der Waals surface area contributed by atoms with Gasteiger partial charge in [0.2, 0.25) is 0 Å². The summed E-state index contributed by atoms with van der Waals surface area (Å²) in [5.41, 5.74) is 0.989. The van der Waals surface area contributed by atoms with Crippen molar-refractivity contribution < 1.29 is 33.7 Å². The number of esters is 1. The maximum absolute atomic E-state index is 13.0. The van der Waals surface area contributed by atoms with Crippen molar-refractivity contribution in [2.45, 2.75) is 32.7 Å². The molecule has 0 saturated carbocycles. The zero-order valence-corrected chi connectivity index (χ0v) is 18.5. The summed E-state index contributed by atoms with van der Waals surface area (Å²) in [5.74, 6) is -0.756. The summed E-state index contributed by atoms with van der Waals surface area (Å²) >= 11 is 0. The summed E-state index contributed by atoms with van der Waals surface area (Å²) in [6, 6.07) is 10.7. The van der Waals surface area contributed by atoms with Gasteiger partial charge in [-0.25, -0.2) is 0 Å². The lowest BCUT2D eigenvalue weighted by Gasteiger charge is -2.25. The van der Waals surface area contributed by atoms with Crippen molar-refractivity contribution in [3.05, 3.63) is 59.2 Å². The molecular weight excluding hydrogens is 426 g/mol. The van der Waals surface area contributed by atoms with Crippen LogP contribution in [-0.2, 0) is 14.4 Å². The second-order valence-electron chi connectivity index (χ2n) is 7.87. The maximum Gasteiger partial charge on any atom is 0.308 e. The Morgan fingerprint density at radius 1 is 1.09 bits per heavy atom. The fourth-order valence-corrected chi connectivity index (χ4v) is 4.02. The number of benzene rings is 2. The molecule has 2 aliphatic rings. The highest BCUT2D eigenvalue weighted by atomic mass is 16.6. The summed E-state index contributed by atoms with van der Waals surface area (Å²) in [6.07, 6.45) is 1.54. The molecule has 8 nitrogen and oxygen atoms in total. The number of aliphatic hydroxyl groups excluding tert-OH is 1. The number of carbonyl (C=O) groups excluding carboxylic acids is 3. The molecule has 4 rings (SSSR count). The van der Waals surface area contributed by atoms with Gasteiger partial charge in [-0.15, -0.1) is 0 Å². The average molecular weight is 451 g/mol. The molecule has 1 saturated heterocycles. The first-order chi connectivity index (χ1) is 15.9. The lowest BCUT2D eigenvalue weighted by atomic mass is 9.95. The van der Waals surface area contributed by atoms with E-state index in [1.54, 1.807) is 42.5 Å². The summed E-state index contributed by atoms with van der Waals surface area (Å²) in [7, 11) is 0. The number of hydrogen-bond donors (Lipinski definition) is 1. The molecule has 1 fully saturated rings. The van der Waals surface area contributed by atoms with E-state index >= 15 is 0 Å². The molecule has 1 unspecified atom stereocenters. The van der Waals surface area contributed by atoms with Gasteiger partial charge in [0, 0.05) is 19.0 Å². The van der Waals surface area contributed by atoms with E-state index in [2.05, 4.69) is 0 Å². The van der Waals surface area contributed by atoms with Crippen LogP contribution in [0.3, 0.4) is 0 Å². The van der Waals surface area contributed by atoms with Crippen LogP contribution in [0, 0.1) is 0 Å². The molecule has 2 aliphatic heterocycles. The molecule has 1 atom stereocenters. The second-order valence-corrected chi connectivity index (χ2v) is 7.87. The molecule has 0 bridgehead atoms. The Bertz CT molecular complexity index is 1120. The number of unbranched alkanes of at least 4 members (excludes halogenated alkanes) is 1. The highest BCUT2D eigenvalue weighted by Gasteiger charge is 2.45. The van der Waals surface area contributed by atoms with E-state index in [4.69, 9.17) is 14.2 Å². The smallest absolute Gasteiger partial charge is 0.308 e. The Balaban J connectivity index is 1.79. The van der Waals surface area contributed by atoms with E-state index < -0.39 is 23.7 Å². The molecule has 2 aromatic carbocycles.